The van der Waals surface area contributed by atoms with Gasteiger partial charge in [-0.2, -0.15) is 0 Å². The highest BCUT2D eigenvalue weighted by Gasteiger charge is 2.15. The first kappa shape index (κ1) is 14.4. The average Bonchev–Trinajstić information content (AvgIpc) is 2.95. The maximum Gasteiger partial charge on any atom is 0.195 e. The fourth-order valence-electron chi connectivity index (χ4n) is 1.95. The zero-order valence-electron chi connectivity index (χ0n) is 11.0. The van der Waals surface area contributed by atoms with Crippen molar-refractivity contribution in [2.75, 3.05) is 6.26 Å². The van der Waals surface area contributed by atoms with Crippen molar-refractivity contribution in [3.8, 4) is 17.1 Å². The van der Waals surface area contributed by atoms with Gasteiger partial charge >= 0.3 is 0 Å². The second-order valence-electron chi connectivity index (χ2n) is 4.18. The van der Waals surface area contributed by atoms with E-state index in [0.717, 1.165) is 22.2 Å². The molecule has 106 valence electrons. The van der Waals surface area contributed by atoms with E-state index in [1.165, 1.54) is 11.8 Å². The monoisotopic (exact) mass is 336 g/mol. The molecule has 0 fully saturated rings. The summed E-state index contributed by atoms with van der Waals surface area (Å²) in [4.78, 5) is 4.02. The summed E-state index contributed by atoms with van der Waals surface area (Å²) in [5.41, 5.74) is 1.80. The second kappa shape index (κ2) is 6.05. The van der Waals surface area contributed by atoms with Gasteiger partial charge in [0.05, 0.1) is 15.7 Å². The Hall–Kier alpha value is -1.56. The molecule has 0 N–H and O–H groups in total. The van der Waals surface area contributed by atoms with Gasteiger partial charge in [-0.1, -0.05) is 35.0 Å². The summed E-state index contributed by atoms with van der Waals surface area (Å²) in [5, 5.41) is 10.3. The van der Waals surface area contributed by atoms with Crippen LogP contribution in [-0.2, 0) is 0 Å². The van der Waals surface area contributed by atoms with Crippen molar-refractivity contribution >= 4 is 35.0 Å². The highest BCUT2D eigenvalue weighted by molar-refractivity contribution is 7.98. The summed E-state index contributed by atoms with van der Waals surface area (Å²) in [5.74, 6) is 0.736. The molecule has 3 aromatic rings. The van der Waals surface area contributed by atoms with Crippen LogP contribution in [0.1, 0.15) is 0 Å². The SMILES string of the molecule is CSc1nnc(-c2ccncc2)n1-c1ccc(Cl)c(Cl)c1. The molecule has 0 saturated heterocycles. The van der Waals surface area contributed by atoms with Gasteiger partial charge in [-0.25, -0.2) is 0 Å². The van der Waals surface area contributed by atoms with E-state index >= 15 is 0 Å². The van der Waals surface area contributed by atoms with Crippen LogP contribution in [0.5, 0.6) is 0 Å². The molecule has 3 rings (SSSR count). The topological polar surface area (TPSA) is 43.6 Å². The molecule has 0 atom stereocenters. The molecule has 21 heavy (non-hydrogen) atoms. The van der Waals surface area contributed by atoms with E-state index < -0.39 is 0 Å². The van der Waals surface area contributed by atoms with Crippen molar-refractivity contribution in [3.63, 3.8) is 0 Å². The molecule has 0 spiro atoms. The third-order valence-corrected chi connectivity index (χ3v) is 4.28. The van der Waals surface area contributed by atoms with Crippen LogP contribution in [0.4, 0.5) is 0 Å². The van der Waals surface area contributed by atoms with Crippen LogP contribution < -0.4 is 0 Å². The normalized spacial score (nSPS) is 10.8. The molecule has 4 nitrogen and oxygen atoms in total. The van der Waals surface area contributed by atoms with Crippen molar-refractivity contribution in [1.82, 2.24) is 19.7 Å². The highest BCUT2D eigenvalue weighted by atomic mass is 35.5. The van der Waals surface area contributed by atoms with Crippen molar-refractivity contribution in [2.24, 2.45) is 0 Å². The van der Waals surface area contributed by atoms with E-state index in [9.17, 15) is 0 Å². The van der Waals surface area contributed by atoms with Crippen molar-refractivity contribution in [3.05, 3.63) is 52.8 Å². The molecule has 0 saturated carbocycles. The number of hydrogen-bond donors (Lipinski definition) is 0. The second-order valence-corrected chi connectivity index (χ2v) is 5.77. The minimum atomic E-state index is 0.496. The minimum absolute atomic E-state index is 0.496. The smallest absolute Gasteiger partial charge is 0.195 e. The molecule has 2 aromatic heterocycles. The summed E-state index contributed by atoms with van der Waals surface area (Å²) in [6, 6.07) is 9.24. The van der Waals surface area contributed by atoms with Gasteiger partial charge in [0.15, 0.2) is 11.0 Å². The van der Waals surface area contributed by atoms with E-state index in [0.29, 0.717) is 10.0 Å². The molecule has 2 heterocycles. The Balaban J connectivity index is 2.21. The molecule has 1 aromatic carbocycles. The lowest BCUT2D eigenvalue weighted by Crippen LogP contribution is -1.99. The molecule has 0 bridgehead atoms. The number of benzene rings is 1. The Morgan fingerprint density at radius 1 is 1.00 bits per heavy atom. The van der Waals surface area contributed by atoms with Gasteiger partial charge in [0.2, 0.25) is 0 Å². The molecule has 0 aliphatic carbocycles. The van der Waals surface area contributed by atoms with Crippen LogP contribution in [0.3, 0.4) is 0 Å². The molecule has 0 aliphatic heterocycles. The quantitative estimate of drug-likeness (QED) is 0.666. The number of aromatic nitrogens is 4. The number of nitrogens with zero attached hydrogens (tertiary/aromatic N) is 4. The third kappa shape index (κ3) is 2.77. The number of rotatable bonds is 3. The Bertz CT molecular complexity index is 774. The summed E-state index contributed by atoms with van der Waals surface area (Å²) >= 11 is 13.6. The molecule has 0 aliphatic rings. The van der Waals surface area contributed by atoms with E-state index in [4.69, 9.17) is 23.2 Å². The molecule has 0 unspecified atom stereocenters. The fourth-order valence-corrected chi connectivity index (χ4v) is 2.74. The zero-order chi connectivity index (χ0) is 14.8. The number of halogens is 2. The van der Waals surface area contributed by atoms with Crippen molar-refractivity contribution in [2.45, 2.75) is 5.16 Å². The maximum absolute atomic E-state index is 6.12. The number of pyridine rings is 1. The largest absolute Gasteiger partial charge is 0.270 e. The van der Waals surface area contributed by atoms with Crippen molar-refractivity contribution < 1.29 is 0 Å². The van der Waals surface area contributed by atoms with Crippen LogP contribution in [0.2, 0.25) is 10.0 Å². The lowest BCUT2D eigenvalue weighted by Gasteiger charge is -2.10. The molecule has 7 heteroatoms. The van der Waals surface area contributed by atoms with Gasteiger partial charge in [-0.05, 0) is 36.6 Å². The lowest BCUT2D eigenvalue weighted by molar-refractivity contribution is 0.889. The van der Waals surface area contributed by atoms with E-state index in [1.807, 2.05) is 29.0 Å². The Morgan fingerprint density at radius 3 is 2.43 bits per heavy atom. The lowest BCUT2D eigenvalue weighted by atomic mass is 10.2. The predicted molar refractivity (Wildman–Crippen MR) is 86.4 cm³/mol. The first-order chi connectivity index (χ1) is 10.2. The Morgan fingerprint density at radius 2 is 1.76 bits per heavy atom. The standard InChI is InChI=1S/C14H10Cl2N4S/c1-21-14-19-18-13(9-4-6-17-7-5-9)20(14)10-2-3-11(15)12(16)8-10/h2-8H,1H3. The van der Waals surface area contributed by atoms with Gasteiger partial charge in [-0.15, -0.1) is 10.2 Å². The molecule has 0 radical (unpaired) electrons. The summed E-state index contributed by atoms with van der Waals surface area (Å²) < 4.78 is 1.95. The minimum Gasteiger partial charge on any atom is -0.270 e. The van der Waals surface area contributed by atoms with Crippen LogP contribution >= 0.6 is 35.0 Å². The predicted octanol–water partition coefficient (Wildman–Crippen LogP) is 4.36. The van der Waals surface area contributed by atoms with Crippen LogP contribution in [0.15, 0.2) is 47.9 Å². The Labute approximate surface area is 136 Å². The summed E-state index contributed by atoms with van der Waals surface area (Å²) in [7, 11) is 0. The van der Waals surface area contributed by atoms with Gasteiger partial charge < -0.3 is 0 Å². The van der Waals surface area contributed by atoms with E-state index in [-0.39, 0.29) is 0 Å². The van der Waals surface area contributed by atoms with Crippen LogP contribution in [0, 0.1) is 0 Å². The van der Waals surface area contributed by atoms with Crippen molar-refractivity contribution in [1.29, 1.82) is 0 Å². The highest BCUT2D eigenvalue weighted by Crippen LogP contribution is 2.30. The van der Waals surface area contributed by atoms with Gasteiger partial charge in [0.1, 0.15) is 0 Å². The number of hydrogen-bond acceptors (Lipinski definition) is 4. The molecular formula is C14H10Cl2N4S. The first-order valence-electron chi connectivity index (χ1n) is 6.06. The molecular weight excluding hydrogens is 327 g/mol. The fraction of sp³-hybridized carbons (Fsp3) is 0.0714. The van der Waals surface area contributed by atoms with Gasteiger partial charge in [0.25, 0.3) is 0 Å². The maximum atomic E-state index is 6.12. The third-order valence-electron chi connectivity index (χ3n) is 2.92. The first-order valence-corrected chi connectivity index (χ1v) is 8.04. The molecule has 0 amide bonds. The average molecular weight is 337 g/mol. The Kier molecular flexibility index (Phi) is 4.14. The summed E-state index contributed by atoms with van der Waals surface area (Å²) in [6.45, 7) is 0. The van der Waals surface area contributed by atoms with Gasteiger partial charge in [0, 0.05) is 18.0 Å². The van der Waals surface area contributed by atoms with Crippen LogP contribution in [-0.4, -0.2) is 26.0 Å². The van der Waals surface area contributed by atoms with E-state index in [1.54, 1.807) is 24.5 Å². The zero-order valence-corrected chi connectivity index (χ0v) is 13.3. The van der Waals surface area contributed by atoms with Crippen LogP contribution in [0.25, 0.3) is 17.1 Å². The summed E-state index contributed by atoms with van der Waals surface area (Å²) in [6.07, 6.45) is 5.40. The van der Waals surface area contributed by atoms with E-state index in [2.05, 4.69) is 15.2 Å². The van der Waals surface area contributed by atoms with Gasteiger partial charge in [-0.3, -0.25) is 9.55 Å². The number of thioether (sulfide) groups is 1.